The van der Waals surface area contributed by atoms with Gasteiger partial charge in [-0.25, -0.2) is 4.39 Å². The highest BCUT2D eigenvalue weighted by Crippen LogP contribution is 2.25. The van der Waals surface area contributed by atoms with E-state index in [9.17, 15) is 19.1 Å². The van der Waals surface area contributed by atoms with Crippen LogP contribution in [0.1, 0.15) is 27.6 Å². The summed E-state index contributed by atoms with van der Waals surface area (Å²) >= 11 is 0. The fraction of sp³-hybridized carbons (Fsp3) is 0.0667. The number of carboxylic acid groups (broad SMARTS) is 1. The van der Waals surface area contributed by atoms with Crippen LogP contribution in [0.3, 0.4) is 0 Å². The quantitative estimate of drug-likeness (QED) is 0.791. The van der Waals surface area contributed by atoms with Gasteiger partial charge >= 0.3 is 0 Å². The number of hydrogen-bond donors (Lipinski definition) is 0. The van der Waals surface area contributed by atoms with Gasteiger partial charge in [0.05, 0.1) is 5.97 Å². The monoisotopic (exact) mass is 257 g/mol. The van der Waals surface area contributed by atoms with E-state index in [1.54, 1.807) is 24.3 Å². The molecule has 0 saturated carbocycles. The maximum atomic E-state index is 13.6. The number of Topliss-reactive ketones (excluding diaryl/α,β-unsaturated/α-hetero) is 1. The second-order valence-electron chi connectivity index (χ2n) is 4.08. The smallest absolute Gasteiger partial charge is 0.160 e. The lowest BCUT2D eigenvalue weighted by Crippen LogP contribution is -2.23. The molecule has 2 aromatic rings. The van der Waals surface area contributed by atoms with E-state index >= 15 is 0 Å². The molecule has 0 amide bonds. The highest BCUT2D eigenvalue weighted by atomic mass is 19.1. The Morgan fingerprint density at radius 2 is 1.74 bits per heavy atom. The molecule has 0 bridgehead atoms. The third-order valence-electron chi connectivity index (χ3n) is 2.81. The van der Waals surface area contributed by atoms with Crippen molar-refractivity contribution in [3.63, 3.8) is 0 Å². The van der Waals surface area contributed by atoms with E-state index in [0.29, 0.717) is 16.7 Å². The van der Waals surface area contributed by atoms with Gasteiger partial charge in [0, 0.05) is 11.1 Å². The zero-order valence-electron chi connectivity index (χ0n) is 10.1. The lowest BCUT2D eigenvalue weighted by atomic mass is 9.96. The summed E-state index contributed by atoms with van der Waals surface area (Å²) in [5.74, 6) is -2.58. The molecule has 0 radical (unpaired) electrons. The molecule has 0 fully saturated rings. The van der Waals surface area contributed by atoms with E-state index in [4.69, 9.17) is 0 Å². The molecule has 0 saturated heterocycles. The number of carboxylic acids is 1. The third kappa shape index (κ3) is 2.52. The SMILES string of the molecule is CC(=O)c1ccccc1-c1ccc(C(=O)[O-])c(F)c1. The van der Waals surface area contributed by atoms with E-state index < -0.39 is 17.3 Å². The first-order valence-electron chi connectivity index (χ1n) is 5.62. The molecular formula is C15H10FO3-. The topological polar surface area (TPSA) is 57.2 Å². The van der Waals surface area contributed by atoms with E-state index in [2.05, 4.69) is 0 Å². The van der Waals surface area contributed by atoms with Crippen molar-refractivity contribution in [1.29, 1.82) is 0 Å². The maximum Gasteiger partial charge on any atom is 0.160 e. The van der Waals surface area contributed by atoms with Gasteiger partial charge in [-0.2, -0.15) is 0 Å². The first kappa shape index (κ1) is 13.0. The number of carbonyl (C=O) groups excluding carboxylic acids is 2. The highest BCUT2D eigenvalue weighted by Gasteiger charge is 2.11. The van der Waals surface area contributed by atoms with Gasteiger partial charge in [0.25, 0.3) is 0 Å². The van der Waals surface area contributed by atoms with Crippen LogP contribution < -0.4 is 5.11 Å². The Hall–Kier alpha value is -2.49. The van der Waals surface area contributed by atoms with Crippen molar-refractivity contribution in [3.8, 4) is 11.1 Å². The molecule has 0 N–H and O–H groups in total. The predicted octanol–water partition coefficient (Wildman–Crippen LogP) is 2.06. The van der Waals surface area contributed by atoms with Gasteiger partial charge in [-0.05, 0) is 30.2 Å². The van der Waals surface area contributed by atoms with E-state index in [0.717, 1.165) is 12.1 Å². The molecule has 2 rings (SSSR count). The minimum absolute atomic E-state index is 0.139. The first-order chi connectivity index (χ1) is 9.00. The summed E-state index contributed by atoms with van der Waals surface area (Å²) in [6.07, 6.45) is 0. The van der Waals surface area contributed by atoms with Crippen LogP contribution >= 0.6 is 0 Å². The van der Waals surface area contributed by atoms with Crippen LogP contribution in [0.15, 0.2) is 42.5 Å². The van der Waals surface area contributed by atoms with Crippen LogP contribution in [0.2, 0.25) is 0 Å². The lowest BCUT2D eigenvalue weighted by Gasteiger charge is -2.09. The minimum atomic E-state index is -1.57. The molecule has 96 valence electrons. The first-order valence-corrected chi connectivity index (χ1v) is 5.62. The molecule has 0 spiro atoms. The number of benzene rings is 2. The number of ketones is 1. The molecule has 0 aliphatic heterocycles. The normalized spacial score (nSPS) is 10.2. The number of aromatic carboxylic acids is 1. The molecule has 3 nitrogen and oxygen atoms in total. The molecule has 0 aliphatic carbocycles. The van der Waals surface area contributed by atoms with Gasteiger partial charge in [0.2, 0.25) is 0 Å². The second-order valence-corrected chi connectivity index (χ2v) is 4.08. The summed E-state index contributed by atoms with van der Waals surface area (Å²) in [7, 11) is 0. The van der Waals surface area contributed by atoms with Crippen molar-refractivity contribution in [2.24, 2.45) is 0 Å². The van der Waals surface area contributed by atoms with Crippen LogP contribution in [0.25, 0.3) is 11.1 Å². The summed E-state index contributed by atoms with van der Waals surface area (Å²) in [5.41, 5.74) is 0.985. The lowest BCUT2D eigenvalue weighted by molar-refractivity contribution is -0.255. The summed E-state index contributed by atoms with van der Waals surface area (Å²) in [5, 5.41) is 10.6. The zero-order valence-corrected chi connectivity index (χ0v) is 10.1. The largest absolute Gasteiger partial charge is 0.545 e. The van der Waals surface area contributed by atoms with Crippen LogP contribution in [0, 0.1) is 5.82 Å². The van der Waals surface area contributed by atoms with Crippen molar-refractivity contribution in [1.82, 2.24) is 0 Å². The number of carbonyl (C=O) groups is 2. The zero-order chi connectivity index (χ0) is 14.0. The molecule has 0 aliphatic rings. The number of halogens is 1. The number of rotatable bonds is 3. The fourth-order valence-electron chi connectivity index (χ4n) is 1.89. The Bertz CT molecular complexity index is 662. The Morgan fingerprint density at radius 3 is 2.32 bits per heavy atom. The minimum Gasteiger partial charge on any atom is -0.545 e. The van der Waals surface area contributed by atoms with Crippen molar-refractivity contribution >= 4 is 11.8 Å². The summed E-state index contributed by atoms with van der Waals surface area (Å²) < 4.78 is 13.6. The van der Waals surface area contributed by atoms with Crippen LogP contribution in [0.4, 0.5) is 4.39 Å². The van der Waals surface area contributed by atoms with Crippen LogP contribution in [-0.2, 0) is 0 Å². The molecule has 0 atom stereocenters. The van der Waals surface area contributed by atoms with Crippen LogP contribution in [0.5, 0.6) is 0 Å². The van der Waals surface area contributed by atoms with E-state index in [-0.39, 0.29) is 5.78 Å². The van der Waals surface area contributed by atoms with Gasteiger partial charge in [0.1, 0.15) is 5.82 Å². The summed E-state index contributed by atoms with van der Waals surface area (Å²) in [6, 6.07) is 10.4. The summed E-state index contributed by atoms with van der Waals surface area (Å²) in [4.78, 5) is 22.1. The van der Waals surface area contributed by atoms with Crippen LogP contribution in [-0.4, -0.2) is 11.8 Å². The van der Waals surface area contributed by atoms with Crippen molar-refractivity contribution in [3.05, 3.63) is 59.4 Å². The van der Waals surface area contributed by atoms with Gasteiger partial charge in [-0.3, -0.25) is 4.79 Å². The average molecular weight is 257 g/mol. The Kier molecular flexibility index (Phi) is 3.42. The van der Waals surface area contributed by atoms with Gasteiger partial charge < -0.3 is 9.90 Å². The van der Waals surface area contributed by atoms with Crippen molar-refractivity contribution < 1.29 is 19.1 Å². The van der Waals surface area contributed by atoms with Gasteiger partial charge in [0.15, 0.2) is 5.78 Å². The summed E-state index contributed by atoms with van der Waals surface area (Å²) in [6.45, 7) is 1.42. The number of hydrogen-bond acceptors (Lipinski definition) is 3. The van der Waals surface area contributed by atoms with Gasteiger partial charge in [-0.1, -0.05) is 30.3 Å². The highest BCUT2D eigenvalue weighted by molar-refractivity contribution is 6.01. The molecular weight excluding hydrogens is 247 g/mol. The third-order valence-corrected chi connectivity index (χ3v) is 2.81. The molecule has 19 heavy (non-hydrogen) atoms. The predicted molar refractivity (Wildman–Crippen MR) is 66.2 cm³/mol. The fourth-order valence-corrected chi connectivity index (χ4v) is 1.89. The van der Waals surface area contributed by atoms with Crippen molar-refractivity contribution in [2.75, 3.05) is 0 Å². The average Bonchev–Trinajstić information content (AvgIpc) is 2.38. The van der Waals surface area contributed by atoms with Gasteiger partial charge in [-0.15, -0.1) is 0 Å². The Morgan fingerprint density at radius 1 is 1.05 bits per heavy atom. The van der Waals surface area contributed by atoms with Crippen molar-refractivity contribution in [2.45, 2.75) is 6.92 Å². The van der Waals surface area contributed by atoms with E-state index in [1.165, 1.54) is 13.0 Å². The standard InChI is InChI=1S/C15H11FO3/c1-9(17)11-4-2-3-5-12(11)10-6-7-13(15(18)19)14(16)8-10/h2-8H,1H3,(H,18,19)/p-1. The molecule has 0 heterocycles. The maximum absolute atomic E-state index is 13.6. The molecule has 4 heteroatoms. The molecule has 2 aromatic carbocycles. The Labute approximate surface area is 109 Å². The van der Waals surface area contributed by atoms with E-state index in [1.807, 2.05) is 0 Å². The molecule has 0 unspecified atom stereocenters. The Balaban J connectivity index is 2.57. The second kappa shape index (κ2) is 5.02. The molecule has 0 aromatic heterocycles.